The monoisotopic (exact) mass is 1150 g/mol. The molecule has 466 valence electrons. The molecule has 0 radical (unpaired) electrons. The molecule has 0 aromatic carbocycles. The van der Waals surface area contributed by atoms with E-state index in [-0.39, 0.29) is 58.7 Å². The van der Waals surface area contributed by atoms with Gasteiger partial charge in [0.25, 0.3) is 0 Å². The van der Waals surface area contributed by atoms with Gasteiger partial charge in [-0.3, -0.25) is 38.4 Å². The topological polar surface area (TPSA) is 222 Å². The number of esters is 7. The number of amides is 1. The van der Waals surface area contributed by atoms with Crippen molar-refractivity contribution in [3.05, 3.63) is 0 Å². The molecule has 0 spiro atoms. The summed E-state index contributed by atoms with van der Waals surface area (Å²) in [5.74, 6) is -5.36. The van der Waals surface area contributed by atoms with Gasteiger partial charge in [0.2, 0.25) is 5.91 Å². The summed E-state index contributed by atoms with van der Waals surface area (Å²) in [6.07, 6.45) is 24.4. The quantitative estimate of drug-likeness (QED) is 0.0274. The second-order valence-electron chi connectivity index (χ2n) is 22.0. The van der Waals surface area contributed by atoms with Crippen LogP contribution in [0, 0.1) is 59.4 Å². The average Bonchev–Trinajstić information content (AvgIpc) is 3.47. The molecular weight excluding hydrogens is 1040 g/mol. The summed E-state index contributed by atoms with van der Waals surface area (Å²) in [5.41, 5.74) is 0. The van der Waals surface area contributed by atoms with Crippen LogP contribution in [0.4, 0.5) is 0 Å². The van der Waals surface area contributed by atoms with Crippen molar-refractivity contribution in [3.63, 3.8) is 0 Å². The standard InChI is InChI=1S/C27H44O7.C22H36O8.C15H29NO/c1-5-9-13-14-18-31-24-20-22(26(29)33-16-11-7-3)21(25(28)32-15-10-6-2)19-23(24)27(30)34-17-12-8-4;1-5-9-27-19(23)15-13-17(21(25)29-11-7-3)18(22(26)30-12-8-4)14-16(15)20(24)28-10-6-2;1-3-5-9-13(4-2)12-15(17)16-14-10-7-6-8-11-14/h21-24H,5-13,15-17,19-20H2,1-4H3;15-18H,5-14H2,1-4H3;13-14H,3-12H2,1-2H3,(H,16,17). The molecule has 1 amide bonds. The predicted molar refractivity (Wildman–Crippen MR) is 311 cm³/mol. The molecule has 0 aliphatic heterocycles. The highest BCUT2D eigenvalue weighted by Crippen LogP contribution is 2.42. The van der Waals surface area contributed by atoms with Crippen LogP contribution in [0.1, 0.15) is 243 Å². The molecule has 3 saturated carbocycles. The van der Waals surface area contributed by atoms with E-state index in [1.54, 1.807) is 0 Å². The average molecular weight is 1150 g/mol. The van der Waals surface area contributed by atoms with Crippen LogP contribution in [0.5, 0.6) is 0 Å². The molecule has 1 N–H and O–H groups in total. The Morgan fingerprint density at radius 3 is 1.11 bits per heavy atom. The van der Waals surface area contributed by atoms with E-state index in [9.17, 15) is 38.4 Å². The maximum atomic E-state index is 12.9. The largest absolute Gasteiger partial charge is 0.465 e. The highest BCUT2D eigenvalue weighted by atomic mass is 16.6. The molecule has 0 saturated heterocycles. The van der Waals surface area contributed by atoms with Crippen LogP contribution in [0.25, 0.3) is 0 Å². The van der Waals surface area contributed by atoms with Crippen molar-refractivity contribution in [2.24, 2.45) is 47.3 Å². The van der Waals surface area contributed by atoms with Gasteiger partial charge in [-0.25, -0.2) is 0 Å². The van der Waals surface area contributed by atoms with Crippen LogP contribution >= 0.6 is 0 Å². The molecule has 0 aromatic heterocycles. The number of rotatable bonds is 34. The Bertz CT molecular complexity index is 1740. The Labute approximate surface area is 487 Å². The number of nitrogens with one attached hydrogen (secondary N) is 1. The van der Waals surface area contributed by atoms with Gasteiger partial charge in [0, 0.05) is 25.3 Å². The molecule has 0 aromatic rings. The zero-order valence-corrected chi connectivity index (χ0v) is 51.8. The van der Waals surface area contributed by atoms with Gasteiger partial charge in [-0.1, -0.05) is 139 Å². The second kappa shape index (κ2) is 46.6. The van der Waals surface area contributed by atoms with E-state index in [2.05, 4.69) is 38.1 Å². The van der Waals surface area contributed by atoms with Gasteiger partial charge in [0.05, 0.1) is 87.7 Å². The normalized spacial score (nSPS) is 21.7. The van der Waals surface area contributed by atoms with Crippen molar-refractivity contribution in [1.29, 1.82) is 0 Å². The van der Waals surface area contributed by atoms with E-state index in [0.29, 0.717) is 63.2 Å². The predicted octanol–water partition coefficient (Wildman–Crippen LogP) is 12.3. The summed E-state index contributed by atoms with van der Waals surface area (Å²) >= 11 is 0. The number of hydrogen-bond donors (Lipinski definition) is 1. The Hall–Kier alpha value is -4.88. The van der Waals surface area contributed by atoms with Gasteiger partial charge in [-0.2, -0.15) is 0 Å². The van der Waals surface area contributed by atoms with E-state index in [1.165, 1.54) is 51.4 Å². The molecule has 3 aliphatic rings. The first-order chi connectivity index (χ1) is 39.2. The first kappa shape index (κ1) is 74.1. The first-order valence-corrected chi connectivity index (χ1v) is 31.8. The number of carbonyl (C=O) groups is 8. The van der Waals surface area contributed by atoms with Crippen molar-refractivity contribution in [2.75, 3.05) is 46.2 Å². The van der Waals surface area contributed by atoms with Crippen LogP contribution in [0.2, 0.25) is 0 Å². The van der Waals surface area contributed by atoms with Gasteiger partial charge in [-0.15, -0.1) is 0 Å². The third-order valence-corrected chi connectivity index (χ3v) is 15.0. The van der Waals surface area contributed by atoms with E-state index < -0.39 is 89.3 Å². The van der Waals surface area contributed by atoms with Crippen molar-refractivity contribution in [2.45, 2.75) is 255 Å². The second-order valence-corrected chi connectivity index (χ2v) is 22.0. The zero-order chi connectivity index (χ0) is 60.2. The van der Waals surface area contributed by atoms with Crippen LogP contribution in [-0.2, 0) is 76.3 Å². The Balaban J connectivity index is 0.000000639. The van der Waals surface area contributed by atoms with Gasteiger partial charge in [-0.05, 0) is 95.8 Å². The van der Waals surface area contributed by atoms with Crippen molar-refractivity contribution in [3.8, 4) is 12.0 Å². The lowest BCUT2D eigenvalue weighted by Crippen LogP contribution is -2.47. The smallest absolute Gasteiger partial charge is 0.312 e. The van der Waals surface area contributed by atoms with Crippen LogP contribution in [0.15, 0.2) is 0 Å². The lowest BCUT2D eigenvalue weighted by atomic mass is 9.68. The van der Waals surface area contributed by atoms with Gasteiger partial charge >= 0.3 is 41.8 Å². The summed E-state index contributed by atoms with van der Waals surface area (Å²) in [4.78, 5) is 101. The van der Waals surface area contributed by atoms with Crippen molar-refractivity contribution < 1.29 is 76.3 Å². The first-order valence-electron chi connectivity index (χ1n) is 31.8. The molecule has 9 unspecified atom stereocenters. The Morgan fingerprint density at radius 1 is 0.407 bits per heavy atom. The molecule has 3 rings (SSSR count). The van der Waals surface area contributed by atoms with E-state index in [0.717, 1.165) is 64.2 Å². The number of unbranched alkanes of at least 4 members (excludes halogenated alkanes) is 6. The summed E-state index contributed by atoms with van der Waals surface area (Å²) in [7, 11) is 0. The molecule has 0 heterocycles. The molecule has 81 heavy (non-hydrogen) atoms. The third-order valence-electron chi connectivity index (χ3n) is 15.0. The molecule has 3 fully saturated rings. The fourth-order valence-electron chi connectivity index (χ4n) is 10.00. The maximum absolute atomic E-state index is 12.9. The fraction of sp³-hybridized carbons (Fsp3) is 0.844. The summed E-state index contributed by atoms with van der Waals surface area (Å²) in [5, 5.41) is 3.22. The molecule has 0 bridgehead atoms. The van der Waals surface area contributed by atoms with Gasteiger partial charge in [0.1, 0.15) is 12.2 Å². The Kier molecular flexibility index (Phi) is 42.6. The van der Waals surface area contributed by atoms with Gasteiger partial charge in [0.15, 0.2) is 0 Å². The van der Waals surface area contributed by atoms with Crippen molar-refractivity contribution >= 4 is 47.7 Å². The van der Waals surface area contributed by atoms with Crippen LogP contribution in [-0.4, -0.2) is 106 Å². The van der Waals surface area contributed by atoms with E-state index in [4.69, 9.17) is 37.9 Å². The number of ether oxygens (including phenoxy) is 8. The van der Waals surface area contributed by atoms with Crippen LogP contribution < -0.4 is 5.32 Å². The van der Waals surface area contributed by atoms with Gasteiger partial charge < -0.3 is 43.2 Å². The number of hydrogen-bond acceptors (Lipinski definition) is 16. The van der Waals surface area contributed by atoms with Crippen LogP contribution in [0.3, 0.4) is 0 Å². The maximum Gasteiger partial charge on any atom is 0.312 e. The highest BCUT2D eigenvalue weighted by molar-refractivity contribution is 5.88. The minimum absolute atomic E-state index is 0.0110. The molecule has 3 aliphatic carbocycles. The van der Waals surface area contributed by atoms with E-state index in [1.807, 2.05) is 48.5 Å². The molecular formula is C64H109NO16. The number of carbonyl (C=O) groups excluding carboxylic acids is 8. The lowest BCUT2D eigenvalue weighted by molar-refractivity contribution is -0.175. The van der Waals surface area contributed by atoms with Crippen molar-refractivity contribution in [1.82, 2.24) is 5.32 Å². The zero-order valence-electron chi connectivity index (χ0n) is 51.8. The summed E-state index contributed by atoms with van der Waals surface area (Å²) in [6, 6.07) is 0.472. The van der Waals surface area contributed by atoms with E-state index >= 15 is 0 Å². The highest BCUT2D eigenvalue weighted by Gasteiger charge is 2.52. The molecule has 9 atom stereocenters. The fourth-order valence-corrected chi connectivity index (χ4v) is 10.00. The Morgan fingerprint density at radius 2 is 0.753 bits per heavy atom. The summed E-state index contributed by atoms with van der Waals surface area (Å²) < 4.78 is 43.2. The lowest BCUT2D eigenvalue weighted by Gasteiger charge is -2.36. The molecule has 17 nitrogen and oxygen atoms in total. The minimum Gasteiger partial charge on any atom is -0.465 e. The molecule has 17 heteroatoms. The third kappa shape index (κ3) is 30.3. The SMILES string of the molecule is CCCCC#COC1CC(C(=O)OCCCC)C(C(=O)OCCCC)CC1C(=O)OCCCC.CCCCC(CC)CC(=O)NC1CCCCC1.CCCOC(=O)C1CC(C(=O)OCCC)C(C(=O)OCCC)CC1C(=O)OCCC. The minimum atomic E-state index is -0.865. The summed E-state index contributed by atoms with van der Waals surface area (Å²) in [6.45, 7) is 21.8.